The van der Waals surface area contributed by atoms with Gasteiger partial charge in [0, 0.05) is 0 Å². The Morgan fingerprint density at radius 2 is 1.71 bits per heavy atom. The van der Waals surface area contributed by atoms with Crippen molar-refractivity contribution < 1.29 is 33.2 Å². The molecule has 4 atom stereocenters. The van der Waals surface area contributed by atoms with Crippen molar-refractivity contribution >= 4 is 11.5 Å². The Labute approximate surface area is 164 Å². The first-order chi connectivity index (χ1) is 13.2. The number of fused-ring (bicyclic) bond motifs is 1. The molecule has 1 aromatic carbocycles. The predicted molar refractivity (Wildman–Crippen MR) is 99.0 cm³/mol. The summed E-state index contributed by atoms with van der Waals surface area (Å²) in [6.07, 6.45) is -1.77. The summed E-state index contributed by atoms with van der Waals surface area (Å²) in [5.41, 5.74) is 1.03. The highest BCUT2D eigenvalue weighted by molar-refractivity contribution is 6.17. The fourth-order valence-corrected chi connectivity index (χ4v) is 3.95. The van der Waals surface area contributed by atoms with Crippen LogP contribution in [-0.2, 0) is 33.2 Å². The van der Waals surface area contributed by atoms with Gasteiger partial charge in [0.05, 0.1) is 13.7 Å². The zero-order chi connectivity index (χ0) is 20.1. The van der Waals surface area contributed by atoms with Gasteiger partial charge in [-0.1, -0.05) is 30.3 Å². The van der Waals surface area contributed by atoms with Crippen LogP contribution in [-0.4, -0.2) is 55.7 Å². The van der Waals surface area contributed by atoms with Crippen LogP contribution in [0, 0.1) is 0 Å². The third kappa shape index (κ3) is 3.43. The quantitative estimate of drug-likeness (QED) is 0.580. The van der Waals surface area contributed by atoms with Crippen LogP contribution in [0.5, 0.6) is 0 Å². The molecule has 3 aliphatic rings. The second kappa shape index (κ2) is 6.84. The van der Waals surface area contributed by atoms with E-state index in [1.54, 1.807) is 0 Å². The fraction of sp³-hybridized carbons (Fsp3) is 0.571. The molecule has 7 nitrogen and oxygen atoms in total. The molecule has 152 valence electrons. The molecule has 0 saturated carbocycles. The third-order valence-corrected chi connectivity index (χ3v) is 5.07. The van der Waals surface area contributed by atoms with Gasteiger partial charge in [0.25, 0.3) is 0 Å². The van der Waals surface area contributed by atoms with Crippen LogP contribution in [0.25, 0.3) is 5.57 Å². The molecule has 0 aliphatic carbocycles. The standard InChI is InChI=1S/C21H26O7/c1-20(2)24-11-13(26-20)15-17-18(28-21(3,4)27-17)16(25-15)14(19(22)23-5)12-9-7-6-8-10-12/h6-10,13,15,17-18H,11H2,1-5H3/b16-14+/t13-,15+,17-,18+/m1/s1. The molecule has 0 unspecified atom stereocenters. The van der Waals surface area contributed by atoms with Crippen LogP contribution in [0.1, 0.15) is 33.3 Å². The van der Waals surface area contributed by atoms with E-state index < -0.39 is 35.9 Å². The Kier molecular flexibility index (Phi) is 4.74. The van der Waals surface area contributed by atoms with Crippen molar-refractivity contribution in [1.82, 2.24) is 0 Å². The number of hydrogen-bond acceptors (Lipinski definition) is 7. The van der Waals surface area contributed by atoms with Crippen LogP contribution in [0.4, 0.5) is 0 Å². The summed E-state index contributed by atoms with van der Waals surface area (Å²) in [7, 11) is 1.35. The average molecular weight is 390 g/mol. The van der Waals surface area contributed by atoms with Crippen LogP contribution in [0.2, 0.25) is 0 Å². The first-order valence-corrected chi connectivity index (χ1v) is 9.43. The van der Waals surface area contributed by atoms with Gasteiger partial charge in [0.15, 0.2) is 17.7 Å². The molecule has 3 heterocycles. The van der Waals surface area contributed by atoms with E-state index >= 15 is 0 Å². The lowest BCUT2D eigenvalue weighted by Crippen LogP contribution is -2.40. The second-order valence-corrected chi connectivity index (χ2v) is 8.07. The van der Waals surface area contributed by atoms with E-state index in [9.17, 15) is 4.79 Å². The Bertz CT molecular complexity index is 783. The summed E-state index contributed by atoms with van der Waals surface area (Å²) in [6.45, 7) is 7.77. The van der Waals surface area contributed by atoms with E-state index in [1.165, 1.54) is 7.11 Å². The van der Waals surface area contributed by atoms with E-state index in [4.69, 9.17) is 28.4 Å². The van der Waals surface area contributed by atoms with E-state index in [1.807, 2.05) is 58.0 Å². The highest BCUT2D eigenvalue weighted by Crippen LogP contribution is 2.46. The Morgan fingerprint density at radius 3 is 2.32 bits per heavy atom. The van der Waals surface area contributed by atoms with Gasteiger partial charge in [0.2, 0.25) is 0 Å². The maximum absolute atomic E-state index is 12.7. The molecule has 0 amide bonds. The summed E-state index contributed by atoms with van der Waals surface area (Å²) in [4.78, 5) is 12.7. The van der Waals surface area contributed by atoms with Crippen LogP contribution in [0.15, 0.2) is 36.1 Å². The summed E-state index contributed by atoms with van der Waals surface area (Å²) in [5, 5.41) is 0. The highest BCUT2D eigenvalue weighted by Gasteiger charge is 2.59. The molecule has 3 fully saturated rings. The van der Waals surface area contributed by atoms with Crippen molar-refractivity contribution in [2.75, 3.05) is 13.7 Å². The van der Waals surface area contributed by atoms with E-state index in [0.717, 1.165) is 0 Å². The van der Waals surface area contributed by atoms with Crippen molar-refractivity contribution in [3.8, 4) is 0 Å². The molecule has 0 radical (unpaired) electrons. The van der Waals surface area contributed by atoms with Crippen LogP contribution in [0.3, 0.4) is 0 Å². The maximum atomic E-state index is 12.7. The number of rotatable bonds is 3. The molecular weight excluding hydrogens is 364 g/mol. The van der Waals surface area contributed by atoms with Crippen molar-refractivity contribution in [2.45, 2.75) is 63.7 Å². The van der Waals surface area contributed by atoms with Crippen LogP contribution >= 0.6 is 0 Å². The average Bonchev–Trinajstić information content (AvgIpc) is 3.26. The summed E-state index contributed by atoms with van der Waals surface area (Å²) in [6, 6.07) is 9.27. The van der Waals surface area contributed by atoms with E-state index in [2.05, 4.69) is 0 Å². The van der Waals surface area contributed by atoms with Crippen molar-refractivity contribution in [3.63, 3.8) is 0 Å². The van der Waals surface area contributed by atoms with Gasteiger partial charge < -0.3 is 28.4 Å². The van der Waals surface area contributed by atoms with Gasteiger partial charge in [-0.3, -0.25) is 0 Å². The van der Waals surface area contributed by atoms with Crippen molar-refractivity contribution in [1.29, 1.82) is 0 Å². The minimum atomic E-state index is -0.810. The topological polar surface area (TPSA) is 72.5 Å². The van der Waals surface area contributed by atoms with Gasteiger partial charge in [-0.05, 0) is 33.3 Å². The molecule has 4 rings (SSSR count). The number of benzene rings is 1. The predicted octanol–water partition coefficient (Wildman–Crippen LogP) is 2.64. The van der Waals surface area contributed by atoms with Gasteiger partial charge in [0.1, 0.15) is 29.6 Å². The first kappa shape index (κ1) is 19.4. The third-order valence-electron chi connectivity index (χ3n) is 5.07. The molecule has 3 saturated heterocycles. The number of esters is 1. The van der Waals surface area contributed by atoms with E-state index in [0.29, 0.717) is 23.5 Å². The minimum absolute atomic E-state index is 0.333. The number of methoxy groups -OCH3 is 1. The first-order valence-electron chi connectivity index (χ1n) is 9.43. The van der Waals surface area contributed by atoms with Gasteiger partial charge in [-0.15, -0.1) is 0 Å². The number of carbonyl (C=O) groups excluding carboxylic acids is 1. The molecule has 0 aromatic heterocycles. The molecule has 3 aliphatic heterocycles. The zero-order valence-corrected chi connectivity index (χ0v) is 16.8. The molecule has 0 N–H and O–H groups in total. The lowest BCUT2D eigenvalue weighted by atomic mass is 10.00. The lowest BCUT2D eigenvalue weighted by Gasteiger charge is -2.26. The fourth-order valence-electron chi connectivity index (χ4n) is 3.95. The summed E-state index contributed by atoms with van der Waals surface area (Å²) in [5.74, 6) is -1.59. The molecule has 0 bridgehead atoms. The largest absolute Gasteiger partial charge is 0.485 e. The van der Waals surface area contributed by atoms with Gasteiger partial charge in [-0.2, -0.15) is 0 Å². The van der Waals surface area contributed by atoms with Crippen molar-refractivity contribution in [3.05, 3.63) is 41.7 Å². The summed E-state index contributed by atoms with van der Waals surface area (Å²) >= 11 is 0. The van der Waals surface area contributed by atoms with E-state index in [-0.39, 0.29) is 6.10 Å². The molecule has 0 spiro atoms. The normalized spacial score (nSPS) is 34.6. The summed E-state index contributed by atoms with van der Waals surface area (Å²) < 4.78 is 35.3. The molecule has 28 heavy (non-hydrogen) atoms. The number of hydrogen-bond donors (Lipinski definition) is 0. The monoisotopic (exact) mass is 390 g/mol. The Morgan fingerprint density at radius 1 is 1.00 bits per heavy atom. The molecule has 1 aromatic rings. The zero-order valence-electron chi connectivity index (χ0n) is 16.8. The lowest BCUT2D eigenvalue weighted by molar-refractivity contribution is -0.187. The van der Waals surface area contributed by atoms with Gasteiger partial charge in [-0.25, -0.2) is 4.79 Å². The maximum Gasteiger partial charge on any atom is 0.342 e. The highest BCUT2D eigenvalue weighted by atomic mass is 16.8. The van der Waals surface area contributed by atoms with Crippen molar-refractivity contribution in [2.24, 2.45) is 0 Å². The number of carbonyl (C=O) groups is 1. The number of ether oxygens (including phenoxy) is 6. The smallest absolute Gasteiger partial charge is 0.342 e. The molecular formula is C21H26O7. The SMILES string of the molecule is COC(=O)/C(=C1/O[C@@H]([C@H]2COC(C)(C)O2)[C@H]2OC(C)(C)O[C@@H]12)c1ccccc1. The molecule has 7 heteroatoms. The second-order valence-electron chi connectivity index (χ2n) is 8.07. The Balaban J connectivity index is 1.77. The van der Waals surface area contributed by atoms with Gasteiger partial charge >= 0.3 is 5.97 Å². The van der Waals surface area contributed by atoms with Crippen LogP contribution < -0.4 is 0 Å². The Hall–Kier alpha value is -1.93. The minimum Gasteiger partial charge on any atom is -0.485 e.